The van der Waals surface area contributed by atoms with Gasteiger partial charge >= 0.3 is 0 Å². The van der Waals surface area contributed by atoms with Crippen molar-refractivity contribution in [2.75, 3.05) is 18.0 Å². The lowest BCUT2D eigenvalue weighted by Gasteiger charge is -2.32. The Morgan fingerprint density at radius 2 is 1.85 bits per heavy atom. The summed E-state index contributed by atoms with van der Waals surface area (Å²) in [5, 5.41) is 17.8. The van der Waals surface area contributed by atoms with Crippen LogP contribution in [0.3, 0.4) is 0 Å². The number of rotatable bonds is 5. The smallest absolute Gasteiger partial charge is 0.225 e. The number of nitrogens with zero attached hydrogens (tertiary/aromatic N) is 5. The number of halogens is 1. The van der Waals surface area contributed by atoms with E-state index in [4.69, 9.17) is 5.10 Å². The van der Waals surface area contributed by atoms with Crippen LogP contribution in [0.5, 0.6) is 0 Å². The Morgan fingerprint density at radius 3 is 2.62 bits per heavy atom. The van der Waals surface area contributed by atoms with Crippen molar-refractivity contribution in [1.82, 2.24) is 25.3 Å². The van der Waals surface area contributed by atoms with Gasteiger partial charge in [-0.3, -0.25) is 4.79 Å². The molecule has 5 rings (SSSR count). The minimum atomic E-state index is -0.284. The number of aryl methyl sites for hydroxylation is 2. The predicted molar refractivity (Wildman–Crippen MR) is 129 cm³/mol. The van der Waals surface area contributed by atoms with E-state index >= 15 is 0 Å². The van der Waals surface area contributed by atoms with E-state index in [1.807, 2.05) is 48.9 Å². The summed E-state index contributed by atoms with van der Waals surface area (Å²) in [6, 6.07) is 16.2. The zero-order chi connectivity index (χ0) is 23.7. The van der Waals surface area contributed by atoms with Crippen molar-refractivity contribution in [1.29, 1.82) is 0 Å². The molecular formula is C26H27FN6O. The summed E-state index contributed by atoms with van der Waals surface area (Å²) in [6.07, 6.45) is 1.69. The highest BCUT2D eigenvalue weighted by atomic mass is 19.1. The van der Waals surface area contributed by atoms with Crippen molar-refractivity contribution in [3.8, 4) is 5.69 Å². The number of carbonyl (C=O) groups is 1. The Balaban J connectivity index is 1.38. The number of piperidine rings is 1. The Morgan fingerprint density at radius 1 is 1.09 bits per heavy atom. The van der Waals surface area contributed by atoms with Gasteiger partial charge in [-0.05, 0) is 56.5 Å². The van der Waals surface area contributed by atoms with Gasteiger partial charge in [0.1, 0.15) is 11.3 Å². The Hall–Kier alpha value is -3.81. The third kappa shape index (κ3) is 4.23. The normalized spacial score (nSPS) is 16.1. The molecule has 0 saturated carbocycles. The second-order valence-corrected chi connectivity index (χ2v) is 8.79. The molecule has 1 fully saturated rings. The van der Waals surface area contributed by atoms with Crippen LogP contribution in [0.2, 0.25) is 0 Å². The fourth-order valence-corrected chi connectivity index (χ4v) is 4.66. The van der Waals surface area contributed by atoms with Crippen molar-refractivity contribution < 1.29 is 9.18 Å². The van der Waals surface area contributed by atoms with Crippen LogP contribution in [-0.2, 0) is 11.3 Å². The Kier molecular flexibility index (Phi) is 5.96. The third-order valence-electron chi connectivity index (χ3n) is 6.46. The molecular weight excluding hydrogens is 431 g/mol. The molecule has 1 unspecified atom stereocenters. The average Bonchev–Trinajstić information content (AvgIpc) is 3.22. The van der Waals surface area contributed by atoms with Crippen molar-refractivity contribution in [3.05, 3.63) is 77.4 Å². The first-order valence-corrected chi connectivity index (χ1v) is 11.6. The maximum atomic E-state index is 13.1. The van der Waals surface area contributed by atoms with Crippen LogP contribution in [0.4, 0.5) is 10.2 Å². The highest BCUT2D eigenvalue weighted by Crippen LogP contribution is 2.31. The van der Waals surface area contributed by atoms with Gasteiger partial charge in [0.25, 0.3) is 0 Å². The van der Waals surface area contributed by atoms with Crippen LogP contribution in [0, 0.1) is 25.6 Å². The molecule has 1 saturated heterocycles. The summed E-state index contributed by atoms with van der Waals surface area (Å²) in [5.74, 6) is 0.267. The van der Waals surface area contributed by atoms with Gasteiger partial charge in [0.2, 0.25) is 5.91 Å². The fraction of sp³-hybridized carbons (Fsp3) is 0.308. The first kappa shape index (κ1) is 22.0. The van der Waals surface area contributed by atoms with Crippen molar-refractivity contribution >= 4 is 22.6 Å². The number of amides is 1. The molecule has 0 spiro atoms. The number of aromatic nitrogens is 4. The van der Waals surface area contributed by atoms with E-state index in [1.165, 1.54) is 12.1 Å². The van der Waals surface area contributed by atoms with Gasteiger partial charge in [0.05, 0.1) is 28.4 Å². The van der Waals surface area contributed by atoms with E-state index in [1.54, 1.807) is 12.1 Å². The molecule has 0 bridgehead atoms. The lowest BCUT2D eigenvalue weighted by molar-refractivity contribution is -0.125. The molecule has 8 heteroatoms. The van der Waals surface area contributed by atoms with Crippen molar-refractivity contribution in [3.63, 3.8) is 0 Å². The second kappa shape index (κ2) is 9.21. The number of fused-ring (bicyclic) bond motifs is 1. The summed E-state index contributed by atoms with van der Waals surface area (Å²) in [6.45, 7) is 5.73. The molecule has 1 aliphatic rings. The molecule has 1 atom stereocenters. The monoisotopic (exact) mass is 458 g/mol. The van der Waals surface area contributed by atoms with E-state index < -0.39 is 0 Å². The van der Waals surface area contributed by atoms with E-state index in [0.717, 1.165) is 58.7 Å². The van der Waals surface area contributed by atoms with Gasteiger partial charge in [-0.25, -0.2) is 9.07 Å². The average molecular weight is 459 g/mol. The molecule has 4 aromatic rings. The summed E-state index contributed by atoms with van der Waals surface area (Å²) in [7, 11) is 0. The molecule has 2 aromatic heterocycles. The SMILES string of the molecule is Cc1nnc(N2CCCC(C(=O)NCc3ccc(F)cc3)C2)c2nn(-c3ccccc3)c(C)c12. The number of hydrogen-bond donors (Lipinski definition) is 1. The molecule has 1 aliphatic heterocycles. The zero-order valence-corrected chi connectivity index (χ0v) is 19.3. The van der Waals surface area contributed by atoms with Gasteiger partial charge in [0.15, 0.2) is 5.82 Å². The van der Waals surface area contributed by atoms with Crippen LogP contribution < -0.4 is 10.2 Å². The van der Waals surface area contributed by atoms with Crippen LogP contribution in [-0.4, -0.2) is 39.0 Å². The third-order valence-corrected chi connectivity index (χ3v) is 6.46. The van der Waals surface area contributed by atoms with Gasteiger partial charge in [-0.1, -0.05) is 30.3 Å². The minimum Gasteiger partial charge on any atom is -0.352 e. The standard InChI is InChI=1S/C26H27FN6O/c1-17-23-18(2)33(22-8-4-3-5-9-22)31-24(23)25(30-29-17)32-14-6-7-20(16-32)26(34)28-15-19-10-12-21(27)13-11-19/h3-5,8-13,20H,6-7,14-16H2,1-2H3,(H,28,34). The first-order chi connectivity index (χ1) is 16.5. The summed E-state index contributed by atoms with van der Waals surface area (Å²) < 4.78 is 15.1. The van der Waals surface area contributed by atoms with E-state index in [2.05, 4.69) is 20.4 Å². The number of carbonyl (C=O) groups excluding carboxylic acids is 1. The Labute approximate surface area is 197 Å². The van der Waals surface area contributed by atoms with Crippen LogP contribution in [0.1, 0.15) is 29.8 Å². The number of benzene rings is 2. The maximum absolute atomic E-state index is 13.1. The molecule has 34 heavy (non-hydrogen) atoms. The van der Waals surface area contributed by atoms with Gasteiger partial charge < -0.3 is 10.2 Å². The molecule has 1 N–H and O–H groups in total. The van der Waals surface area contributed by atoms with Crippen molar-refractivity contribution in [2.45, 2.75) is 33.2 Å². The summed E-state index contributed by atoms with van der Waals surface area (Å²) in [5.41, 5.74) is 4.51. The largest absolute Gasteiger partial charge is 0.352 e. The molecule has 2 aromatic carbocycles. The second-order valence-electron chi connectivity index (χ2n) is 8.79. The molecule has 0 radical (unpaired) electrons. The first-order valence-electron chi connectivity index (χ1n) is 11.6. The molecule has 7 nitrogen and oxygen atoms in total. The highest BCUT2D eigenvalue weighted by Gasteiger charge is 2.29. The minimum absolute atomic E-state index is 0.00339. The number of nitrogens with one attached hydrogen (secondary N) is 1. The highest BCUT2D eigenvalue weighted by molar-refractivity contribution is 5.92. The lowest BCUT2D eigenvalue weighted by Crippen LogP contribution is -2.43. The lowest BCUT2D eigenvalue weighted by atomic mass is 9.97. The van der Waals surface area contributed by atoms with Gasteiger partial charge in [-0.2, -0.15) is 10.2 Å². The van der Waals surface area contributed by atoms with E-state index in [9.17, 15) is 9.18 Å². The maximum Gasteiger partial charge on any atom is 0.225 e. The topological polar surface area (TPSA) is 75.9 Å². The summed E-state index contributed by atoms with van der Waals surface area (Å²) >= 11 is 0. The fourth-order valence-electron chi connectivity index (χ4n) is 4.66. The van der Waals surface area contributed by atoms with Crippen molar-refractivity contribution in [2.24, 2.45) is 5.92 Å². The van der Waals surface area contributed by atoms with E-state index in [0.29, 0.717) is 13.1 Å². The molecule has 0 aliphatic carbocycles. The van der Waals surface area contributed by atoms with Crippen LogP contribution in [0.25, 0.3) is 16.6 Å². The number of anilines is 1. The zero-order valence-electron chi connectivity index (χ0n) is 19.3. The number of para-hydroxylation sites is 1. The van der Waals surface area contributed by atoms with Crippen LogP contribution in [0.15, 0.2) is 54.6 Å². The summed E-state index contributed by atoms with van der Waals surface area (Å²) in [4.78, 5) is 15.0. The van der Waals surface area contributed by atoms with Gasteiger partial charge in [0, 0.05) is 19.6 Å². The van der Waals surface area contributed by atoms with Gasteiger partial charge in [-0.15, -0.1) is 5.10 Å². The Bertz CT molecular complexity index is 1320. The van der Waals surface area contributed by atoms with Crippen LogP contribution >= 0.6 is 0 Å². The quantitative estimate of drug-likeness (QED) is 0.487. The van der Waals surface area contributed by atoms with E-state index in [-0.39, 0.29) is 17.6 Å². The molecule has 1 amide bonds. The predicted octanol–water partition coefficient (Wildman–Crippen LogP) is 4.10. The molecule has 3 heterocycles. The molecule has 174 valence electrons. The number of hydrogen-bond acceptors (Lipinski definition) is 5.